The topological polar surface area (TPSA) is 24.1 Å². The molecule has 0 saturated carbocycles. The van der Waals surface area contributed by atoms with Crippen LogP contribution in [0.4, 0.5) is 0 Å². The lowest BCUT2D eigenvalue weighted by Crippen LogP contribution is -2.41. The van der Waals surface area contributed by atoms with Crippen molar-refractivity contribution >= 4 is 0 Å². The Bertz CT molecular complexity index is 152. The summed E-state index contributed by atoms with van der Waals surface area (Å²) in [5.74, 6) is 2.92. The van der Waals surface area contributed by atoms with E-state index in [2.05, 4.69) is 17.6 Å². The Morgan fingerprint density at radius 2 is 1.62 bits per heavy atom. The van der Waals surface area contributed by atoms with Crippen molar-refractivity contribution in [3.63, 3.8) is 0 Å². The van der Waals surface area contributed by atoms with Gasteiger partial charge in [-0.2, -0.15) is 0 Å². The van der Waals surface area contributed by atoms with Crippen LogP contribution in [-0.2, 0) is 0 Å². The van der Waals surface area contributed by atoms with Crippen LogP contribution in [0.1, 0.15) is 26.2 Å². The van der Waals surface area contributed by atoms with Gasteiger partial charge in [0.1, 0.15) is 0 Å². The molecule has 2 heterocycles. The van der Waals surface area contributed by atoms with Gasteiger partial charge < -0.3 is 10.6 Å². The second kappa shape index (κ2) is 4.43. The van der Waals surface area contributed by atoms with E-state index in [-0.39, 0.29) is 0 Å². The molecule has 0 aromatic rings. The average molecular weight is 182 g/mol. The molecule has 2 rings (SSSR count). The Labute approximate surface area is 81.5 Å². The van der Waals surface area contributed by atoms with Crippen molar-refractivity contribution in [2.24, 2.45) is 17.8 Å². The van der Waals surface area contributed by atoms with E-state index in [4.69, 9.17) is 0 Å². The molecule has 2 atom stereocenters. The predicted octanol–water partition coefficient (Wildman–Crippen LogP) is 1.23. The predicted molar refractivity (Wildman–Crippen MR) is 55.7 cm³/mol. The summed E-state index contributed by atoms with van der Waals surface area (Å²) in [4.78, 5) is 0. The second-order valence-corrected chi connectivity index (χ2v) is 4.72. The normalized spacial score (nSPS) is 37.6. The minimum Gasteiger partial charge on any atom is -0.317 e. The summed E-state index contributed by atoms with van der Waals surface area (Å²) >= 11 is 0. The van der Waals surface area contributed by atoms with E-state index in [0.29, 0.717) is 0 Å². The van der Waals surface area contributed by atoms with E-state index in [1.54, 1.807) is 0 Å². The number of piperidine rings is 2. The molecule has 0 aromatic carbocycles. The van der Waals surface area contributed by atoms with E-state index in [1.165, 1.54) is 45.4 Å². The van der Waals surface area contributed by atoms with Gasteiger partial charge in [0.2, 0.25) is 0 Å². The number of nitrogens with one attached hydrogen (secondary N) is 2. The van der Waals surface area contributed by atoms with E-state index in [0.717, 1.165) is 17.8 Å². The van der Waals surface area contributed by atoms with Crippen LogP contribution in [0.15, 0.2) is 0 Å². The zero-order chi connectivity index (χ0) is 9.10. The van der Waals surface area contributed by atoms with Crippen LogP contribution >= 0.6 is 0 Å². The van der Waals surface area contributed by atoms with E-state index < -0.39 is 0 Å². The molecule has 0 radical (unpaired) electrons. The van der Waals surface area contributed by atoms with Crippen LogP contribution in [0, 0.1) is 17.8 Å². The molecular formula is C11H22N2. The molecule has 2 nitrogen and oxygen atoms in total. The Morgan fingerprint density at radius 3 is 2.31 bits per heavy atom. The van der Waals surface area contributed by atoms with Crippen molar-refractivity contribution in [1.82, 2.24) is 10.6 Å². The van der Waals surface area contributed by atoms with Gasteiger partial charge in [0, 0.05) is 0 Å². The maximum absolute atomic E-state index is 3.49. The molecule has 2 unspecified atom stereocenters. The lowest BCUT2D eigenvalue weighted by atomic mass is 9.74. The van der Waals surface area contributed by atoms with Gasteiger partial charge in [0.15, 0.2) is 0 Å². The lowest BCUT2D eigenvalue weighted by molar-refractivity contribution is 0.156. The molecule has 2 aliphatic rings. The highest BCUT2D eigenvalue weighted by atomic mass is 14.9. The first-order chi connectivity index (χ1) is 6.38. The summed E-state index contributed by atoms with van der Waals surface area (Å²) < 4.78 is 0. The van der Waals surface area contributed by atoms with Gasteiger partial charge >= 0.3 is 0 Å². The monoisotopic (exact) mass is 182 g/mol. The second-order valence-electron chi connectivity index (χ2n) is 4.72. The van der Waals surface area contributed by atoms with Gasteiger partial charge in [-0.05, 0) is 63.2 Å². The van der Waals surface area contributed by atoms with Gasteiger partial charge in [-0.15, -0.1) is 0 Å². The van der Waals surface area contributed by atoms with Crippen molar-refractivity contribution in [1.29, 1.82) is 0 Å². The van der Waals surface area contributed by atoms with Crippen molar-refractivity contribution in [3.8, 4) is 0 Å². The minimum absolute atomic E-state index is 0.900. The van der Waals surface area contributed by atoms with Gasteiger partial charge in [0.05, 0.1) is 0 Å². The van der Waals surface area contributed by atoms with E-state index in [9.17, 15) is 0 Å². The third-order valence-electron chi connectivity index (χ3n) is 3.84. The summed E-state index contributed by atoms with van der Waals surface area (Å²) in [7, 11) is 0. The van der Waals surface area contributed by atoms with Crippen LogP contribution in [0.5, 0.6) is 0 Å². The third-order valence-corrected chi connectivity index (χ3v) is 3.84. The molecule has 2 fully saturated rings. The molecule has 2 saturated heterocycles. The average Bonchev–Trinajstić information content (AvgIpc) is 2.20. The van der Waals surface area contributed by atoms with Crippen LogP contribution in [0.25, 0.3) is 0 Å². The van der Waals surface area contributed by atoms with Crippen LogP contribution < -0.4 is 10.6 Å². The molecule has 13 heavy (non-hydrogen) atoms. The smallest absolute Gasteiger partial charge is 0.00204 e. The Hall–Kier alpha value is -0.0800. The fraction of sp³-hybridized carbons (Fsp3) is 1.00. The van der Waals surface area contributed by atoms with Gasteiger partial charge in [-0.3, -0.25) is 0 Å². The standard InChI is InChI=1S/C11H22N2/c1-9-8-13-7-4-11(9)10-2-5-12-6-3-10/h9-13H,2-8H2,1H3. The quantitative estimate of drug-likeness (QED) is 0.637. The first-order valence-electron chi connectivity index (χ1n) is 5.79. The summed E-state index contributed by atoms with van der Waals surface area (Å²) in [6.07, 6.45) is 4.23. The lowest BCUT2D eigenvalue weighted by Gasteiger charge is -2.37. The number of hydrogen-bond donors (Lipinski definition) is 2. The van der Waals surface area contributed by atoms with Gasteiger partial charge in [0.25, 0.3) is 0 Å². The maximum Gasteiger partial charge on any atom is -0.00204 e. The summed E-state index contributed by atoms with van der Waals surface area (Å²) in [5, 5.41) is 6.94. The van der Waals surface area contributed by atoms with Gasteiger partial charge in [-0.1, -0.05) is 6.92 Å². The van der Waals surface area contributed by atoms with Crippen molar-refractivity contribution in [3.05, 3.63) is 0 Å². The molecule has 76 valence electrons. The minimum atomic E-state index is 0.900. The molecule has 2 N–H and O–H groups in total. The molecule has 0 spiro atoms. The Balaban J connectivity index is 1.88. The van der Waals surface area contributed by atoms with Crippen LogP contribution in [0.3, 0.4) is 0 Å². The molecule has 2 heteroatoms. The van der Waals surface area contributed by atoms with Gasteiger partial charge in [-0.25, -0.2) is 0 Å². The molecule has 0 aliphatic carbocycles. The fourth-order valence-electron chi connectivity index (χ4n) is 3.01. The Morgan fingerprint density at radius 1 is 0.923 bits per heavy atom. The fourth-order valence-corrected chi connectivity index (χ4v) is 3.01. The molecule has 0 bridgehead atoms. The third kappa shape index (κ3) is 2.23. The van der Waals surface area contributed by atoms with E-state index in [1.807, 2.05) is 0 Å². The summed E-state index contributed by atoms with van der Waals surface area (Å²) in [6, 6.07) is 0. The largest absolute Gasteiger partial charge is 0.317 e. The summed E-state index contributed by atoms with van der Waals surface area (Å²) in [6.45, 7) is 7.41. The molecule has 0 amide bonds. The first-order valence-corrected chi connectivity index (χ1v) is 5.79. The highest BCUT2D eigenvalue weighted by Crippen LogP contribution is 2.32. The molecule has 2 aliphatic heterocycles. The molecule has 0 aromatic heterocycles. The summed E-state index contributed by atoms with van der Waals surface area (Å²) in [5.41, 5.74) is 0. The Kier molecular flexibility index (Phi) is 3.23. The SMILES string of the molecule is CC1CNCCC1C1CCNCC1. The van der Waals surface area contributed by atoms with Crippen molar-refractivity contribution in [2.45, 2.75) is 26.2 Å². The number of hydrogen-bond acceptors (Lipinski definition) is 2. The number of rotatable bonds is 1. The van der Waals surface area contributed by atoms with E-state index >= 15 is 0 Å². The van der Waals surface area contributed by atoms with Crippen LogP contribution in [0.2, 0.25) is 0 Å². The van der Waals surface area contributed by atoms with Crippen molar-refractivity contribution < 1.29 is 0 Å². The highest BCUT2D eigenvalue weighted by molar-refractivity contribution is 4.83. The zero-order valence-electron chi connectivity index (χ0n) is 8.68. The first kappa shape index (κ1) is 9.47. The van der Waals surface area contributed by atoms with Crippen molar-refractivity contribution in [2.75, 3.05) is 26.2 Å². The highest BCUT2D eigenvalue weighted by Gasteiger charge is 2.29. The molecular weight excluding hydrogens is 160 g/mol. The zero-order valence-corrected chi connectivity index (χ0v) is 8.68. The van der Waals surface area contributed by atoms with Crippen LogP contribution in [-0.4, -0.2) is 26.2 Å². The maximum atomic E-state index is 3.49.